The van der Waals surface area contributed by atoms with Gasteiger partial charge in [-0.1, -0.05) is 42.5 Å². The van der Waals surface area contributed by atoms with E-state index in [0.717, 1.165) is 38.0 Å². The van der Waals surface area contributed by atoms with Crippen LogP contribution in [0.3, 0.4) is 0 Å². The van der Waals surface area contributed by atoms with Crippen molar-refractivity contribution in [2.75, 3.05) is 33.8 Å². The summed E-state index contributed by atoms with van der Waals surface area (Å²) in [6.07, 6.45) is 4.25. The highest BCUT2D eigenvalue weighted by Gasteiger charge is 2.17. The van der Waals surface area contributed by atoms with Crippen molar-refractivity contribution in [1.82, 2.24) is 10.2 Å². The van der Waals surface area contributed by atoms with Gasteiger partial charge in [-0.2, -0.15) is 0 Å². The number of rotatable bonds is 7. The molecule has 0 amide bonds. The van der Waals surface area contributed by atoms with Crippen molar-refractivity contribution >= 4 is 5.57 Å². The highest BCUT2D eigenvalue weighted by molar-refractivity contribution is 5.67. The summed E-state index contributed by atoms with van der Waals surface area (Å²) in [5.41, 5.74) is 3.68. The van der Waals surface area contributed by atoms with E-state index in [1.165, 1.54) is 24.3 Å². The highest BCUT2D eigenvalue weighted by Crippen LogP contribution is 2.27. The summed E-state index contributed by atoms with van der Waals surface area (Å²) in [5.74, 6) is -0.00371. The van der Waals surface area contributed by atoms with Crippen LogP contribution in [-0.2, 0) is 6.42 Å². The van der Waals surface area contributed by atoms with Crippen LogP contribution >= 0.6 is 0 Å². The molecule has 138 valence electrons. The molecule has 26 heavy (non-hydrogen) atoms. The average molecular weight is 354 g/mol. The fourth-order valence-electron chi connectivity index (χ4n) is 3.47. The van der Waals surface area contributed by atoms with Gasteiger partial charge in [-0.25, -0.2) is 4.39 Å². The van der Waals surface area contributed by atoms with E-state index in [0.29, 0.717) is 11.8 Å². The lowest BCUT2D eigenvalue weighted by Gasteiger charge is -2.30. The molecule has 2 aromatic carbocycles. The lowest BCUT2D eigenvalue weighted by Crippen LogP contribution is -2.42. The van der Waals surface area contributed by atoms with E-state index in [9.17, 15) is 4.39 Å². The molecule has 1 aliphatic heterocycles. The first-order valence-electron chi connectivity index (χ1n) is 9.16. The number of methoxy groups -OCH3 is 1. The van der Waals surface area contributed by atoms with Gasteiger partial charge in [-0.15, -0.1) is 0 Å². The van der Waals surface area contributed by atoms with Crippen molar-refractivity contribution in [1.29, 1.82) is 0 Å². The molecule has 0 radical (unpaired) electrons. The third-order valence-corrected chi connectivity index (χ3v) is 5.03. The number of nitrogens with zero attached hydrogens (tertiary/aromatic N) is 1. The minimum Gasteiger partial charge on any atom is -0.494 e. The van der Waals surface area contributed by atoms with Crippen molar-refractivity contribution in [2.45, 2.75) is 18.9 Å². The third kappa shape index (κ3) is 4.71. The van der Waals surface area contributed by atoms with Crippen molar-refractivity contribution in [3.63, 3.8) is 0 Å². The zero-order valence-corrected chi connectivity index (χ0v) is 15.5. The van der Waals surface area contributed by atoms with E-state index in [-0.39, 0.29) is 5.82 Å². The van der Waals surface area contributed by atoms with Gasteiger partial charge >= 0.3 is 0 Å². The monoisotopic (exact) mass is 354 g/mol. The molecule has 0 unspecified atom stereocenters. The van der Waals surface area contributed by atoms with Crippen LogP contribution in [0.15, 0.2) is 54.6 Å². The number of hydrogen-bond acceptors (Lipinski definition) is 3. The molecule has 0 bridgehead atoms. The van der Waals surface area contributed by atoms with Gasteiger partial charge in [0.15, 0.2) is 11.6 Å². The molecule has 1 heterocycles. The second-order valence-electron chi connectivity index (χ2n) is 6.76. The quantitative estimate of drug-likeness (QED) is 0.819. The molecule has 3 nitrogen and oxygen atoms in total. The van der Waals surface area contributed by atoms with Crippen molar-refractivity contribution < 1.29 is 9.13 Å². The first-order chi connectivity index (χ1) is 12.7. The predicted octanol–water partition coefficient (Wildman–Crippen LogP) is 3.75. The van der Waals surface area contributed by atoms with E-state index in [1.807, 2.05) is 13.1 Å². The molecule has 3 rings (SSSR count). The van der Waals surface area contributed by atoms with Gasteiger partial charge in [-0.05, 0) is 48.7 Å². The summed E-state index contributed by atoms with van der Waals surface area (Å²) in [7, 11) is 3.54. The number of hydrogen-bond donors (Lipinski definition) is 1. The Kier molecular flexibility index (Phi) is 6.42. The SMILES string of the molecule is CN[C@H](Cc1ccccc1)CN1CC=C(c2ccc(F)c(OC)c2)CC1. The largest absolute Gasteiger partial charge is 0.494 e. The van der Waals surface area contributed by atoms with Gasteiger partial charge in [0, 0.05) is 25.7 Å². The number of ether oxygens (including phenoxy) is 1. The molecule has 1 aliphatic rings. The Morgan fingerprint density at radius 3 is 2.65 bits per heavy atom. The van der Waals surface area contributed by atoms with Gasteiger partial charge in [0.05, 0.1) is 7.11 Å². The van der Waals surface area contributed by atoms with Crippen LogP contribution in [0.5, 0.6) is 5.75 Å². The Hall–Kier alpha value is -2.17. The van der Waals surface area contributed by atoms with Gasteiger partial charge in [0.25, 0.3) is 0 Å². The van der Waals surface area contributed by atoms with E-state index < -0.39 is 0 Å². The minimum absolute atomic E-state index is 0.309. The second-order valence-corrected chi connectivity index (χ2v) is 6.76. The third-order valence-electron chi connectivity index (χ3n) is 5.03. The van der Waals surface area contributed by atoms with Crippen molar-refractivity contribution in [3.8, 4) is 5.75 Å². The second kappa shape index (κ2) is 8.97. The Morgan fingerprint density at radius 2 is 2.00 bits per heavy atom. The molecule has 2 aromatic rings. The molecule has 0 saturated carbocycles. The van der Waals surface area contributed by atoms with Crippen LogP contribution in [0.1, 0.15) is 17.5 Å². The minimum atomic E-state index is -0.313. The standard InChI is InChI=1S/C22H27FN2O/c1-24-20(14-17-6-4-3-5-7-17)16-25-12-10-18(11-13-25)19-8-9-21(23)22(15-19)26-2/h3-10,15,20,24H,11-14,16H2,1-2H3/t20-/m1/s1. The van der Waals surface area contributed by atoms with Crippen LogP contribution in [0.2, 0.25) is 0 Å². The summed E-state index contributed by atoms with van der Waals surface area (Å²) >= 11 is 0. The van der Waals surface area contributed by atoms with E-state index in [1.54, 1.807) is 6.07 Å². The fourth-order valence-corrected chi connectivity index (χ4v) is 3.47. The maximum absolute atomic E-state index is 13.6. The average Bonchev–Trinajstić information content (AvgIpc) is 2.69. The maximum atomic E-state index is 13.6. The highest BCUT2D eigenvalue weighted by atomic mass is 19.1. The molecule has 0 fully saturated rings. The van der Waals surface area contributed by atoms with Gasteiger partial charge in [0.1, 0.15) is 0 Å². The summed E-state index contributed by atoms with van der Waals surface area (Å²) < 4.78 is 18.7. The van der Waals surface area contributed by atoms with Crippen molar-refractivity contribution in [3.05, 3.63) is 71.6 Å². The summed E-state index contributed by atoms with van der Waals surface area (Å²) in [5, 5.41) is 3.44. The summed E-state index contributed by atoms with van der Waals surface area (Å²) in [4.78, 5) is 2.47. The topological polar surface area (TPSA) is 24.5 Å². The molecular weight excluding hydrogens is 327 g/mol. The van der Waals surface area contributed by atoms with Crippen LogP contribution in [-0.4, -0.2) is 44.7 Å². The van der Waals surface area contributed by atoms with E-state index in [4.69, 9.17) is 4.74 Å². The number of halogens is 1. The van der Waals surface area contributed by atoms with E-state index >= 15 is 0 Å². The predicted molar refractivity (Wildman–Crippen MR) is 105 cm³/mol. The number of benzene rings is 2. The summed E-state index contributed by atoms with van der Waals surface area (Å²) in [6, 6.07) is 16.1. The van der Waals surface area contributed by atoms with Gasteiger partial charge < -0.3 is 10.1 Å². The Bertz CT molecular complexity index is 745. The van der Waals surface area contributed by atoms with Crippen molar-refractivity contribution in [2.24, 2.45) is 0 Å². The summed E-state index contributed by atoms with van der Waals surface area (Å²) in [6.45, 7) is 2.95. The number of likely N-dealkylation sites (N-methyl/N-ethyl adjacent to an activating group) is 1. The molecule has 0 saturated heterocycles. The lowest BCUT2D eigenvalue weighted by atomic mass is 9.98. The molecule has 0 aromatic heterocycles. The molecular formula is C22H27FN2O. The Morgan fingerprint density at radius 1 is 1.19 bits per heavy atom. The van der Waals surface area contributed by atoms with Crippen LogP contribution in [0, 0.1) is 5.82 Å². The molecule has 0 spiro atoms. The fraction of sp³-hybridized carbons (Fsp3) is 0.364. The smallest absolute Gasteiger partial charge is 0.165 e. The first-order valence-corrected chi connectivity index (χ1v) is 9.16. The molecule has 1 N–H and O–H groups in total. The zero-order chi connectivity index (χ0) is 18.4. The Balaban J connectivity index is 1.60. The van der Waals surface area contributed by atoms with Crippen LogP contribution in [0.4, 0.5) is 4.39 Å². The zero-order valence-electron chi connectivity index (χ0n) is 15.5. The lowest BCUT2D eigenvalue weighted by molar-refractivity contribution is 0.267. The van der Waals surface area contributed by atoms with Gasteiger partial charge in [0.2, 0.25) is 0 Å². The van der Waals surface area contributed by atoms with E-state index in [2.05, 4.69) is 46.6 Å². The first kappa shape index (κ1) is 18.6. The molecule has 0 aliphatic carbocycles. The van der Waals surface area contributed by atoms with Crippen LogP contribution < -0.4 is 10.1 Å². The van der Waals surface area contributed by atoms with Gasteiger partial charge in [-0.3, -0.25) is 4.90 Å². The normalized spacial score (nSPS) is 16.2. The molecule has 4 heteroatoms. The Labute approximate surface area is 155 Å². The number of nitrogens with one attached hydrogen (secondary N) is 1. The maximum Gasteiger partial charge on any atom is 0.165 e. The van der Waals surface area contributed by atoms with Crippen LogP contribution in [0.25, 0.3) is 5.57 Å². The molecule has 1 atom stereocenters.